The van der Waals surface area contributed by atoms with Crippen LogP contribution in [0.4, 0.5) is 5.13 Å². The van der Waals surface area contributed by atoms with Crippen LogP contribution in [0, 0.1) is 6.92 Å². The molecule has 1 aromatic heterocycles. The lowest BCUT2D eigenvalue weighted by Gasteiger charge is -1.95. The van der Waals surface area contributed by atoms with E-state index in [9.17, 15) is 4.79 Å². The number of thiazole rings is 1. The maximum absolute atomic E-state index is 11.3. The van der Waals surface area contributed by atoms with Gasteiger partial charge in [0.2, 0.25) is 5.91 Å². The normalized spacial score (nSPS) is 10.7. The maximum Gasteiger partial charge on any atom is 0.225 e. The molecule has 0 fully saturated rings. The number of hydrogen-bond acceptors (Lipinski definition) is 3. The molecule has 0 atom stereocenters. The summed E-state index contributed by atoms with van der Waals surface area (Å²) < 4.78 is 0.924. The maximum atomic E-state index is 11.3. The molecule has 0 bridgehead atoms. The van der Waals surface area contributed by atoms with Crippen LogP contribution in [0.1, 0.15) is 18.9 Å². The van der Waals surface area contributed by atoms with Crippen molar-refractivity contribution in [3.05, 3.63) is 22.7 Å². The van der Waals surface area contributed by atoms with Crippen LogP contribution in [0.2, 0.25) is 5.02 Å². The number of benzene rings is 1. The third-order valence-corrected chi connectivity index (χ3v) is 3.70. The van der Waals surface area contributed by atoms with Gasteiger partial charge in [-0.1, -0.05) is 35.9 Å². The highest BCUT2D eigenvalue weighted by molar-refractivity contribution is 7.23. The van der Waals surface area contributed by atoms with Crippen molar-refractivity contribution in [2.45, 2.75) is 20.3 Å². The largest absolute Gasteiger partial charge is 0.302 e. The third-order valence-electron chi connectivity index (χ3n) is 2.26. The van der Waals surface area contributed by atoms with Gasteiger partial charge in [0, 0.05) is 6.42 Å². The number of aromatic nitrogens is 1. The number of anilines is 1. The molecule has 1 heterocycles. The monoisotopic (exact) mass is 254 g/mol. The molecule has 0 aliphatic rings. The second-order valence-electron chi connectivity index (χ2n) is 3.46. The molecule has 0 spiro atoms. The number of carbonyl (C=O) groups excluding carboxylic acids is 1. The zero-order chi connectivity index (χ0) is 11.7. The minimum absolute atomic E-state index is 0.0344. The van der Waals surface area contributed by atoms with E-state index in [1.54, 1.807) is 6.92 Å². The van der Waals surface area contributed by atoms with E-state index < -0.39 is 0 Å². The summed E-state index contributed by atoms with van der Waals surface area (Å²) in [5.74, 6) is -0.0344. The summed E-state index contributed by atoms with van der Waals surface area (Å²) in [6.45, 7) is 3.78. The zero-order valence-electron chi connectivity index (χ0n) is 9.00. The highest BCUT2D eigenvalue weighted by Gasteiger charge is 2.10. The number of nitrogens with one attached hydrogen (secondary N) is 1. The van der Waals surface area contributed by atoms with Crippen LogP contribution in [-0.2, 0) is 4.79 Å². The molecular weight excluding hydrogens is 244 g/mol. The van der Waals surface area contributed by atoms with Gasteiger partial charge in [-0.05, 0) is 18.6 Å². The van der Waals surface area contributed by atoms with Crippen molar-refractivity contribution in [1.29, 1.82) is 0 Å². The molecule has 5 heteroatoms. The first-order valence-electron chi connectivity index (χ1n) is 4.97. The van der Waals surface area contributed by atoms with E-state index in [2.05, 4.69) is 10.3 Å². The van der Waals surface area contributed by atoms with E-state index in [4.69, 9.17) is 11.6 Å². The standard InChI is InChI=1S/C11H11ClN2OS/c1-3-8(15)13-11-14-9-6(2)4-5-7(12)10(9)16-11/h4-5H,3H2,1-2H3,(H,13,14,15). The van der Waals surface area contributed by atoms with E-state index in [0.717, 1.165) is 15.8 Å². The predicted molar refractivity (Wildman–Crippen MR) is 68.3 cm³/mol. The topological polar surface area (TPSA) is 42.0 Å². The summed E-state index contributed by atoms with van der Waals surface area (Å²) in [6, 6.07) is 3.78. The molecule has 0 radical (unpaired) electrons. The van der Waals surface area contributed by atoms with Crippen molar-refractivity contribution >= 4 is 44.2 Å². The fourth-order valence-corrected chi connectivity index (χ4v) is 2.60. The van der Waals surface area contributed by atoms with E-state index >= 15 is 0 Å². The van der Waals surface area contributed by atoms with Gasteiger partial charge in [0.15, 0.2) is 5.13 Å². The van der Waals surface area contributed by atoms with Gasteiger partial charge in [0.1, 0.15) is 0 Å². The average Bonchev–Trinajstić information content (AvgIpc) is 2.68. The smallest absolute Gasteiger partial charge is 0.225 e. The van der Waals surface area contributed by atoms with Crippen LogP contribution < -0.4 is 5.32 Å². The van der Waals surface area contributed by atoms with Gasteiger partial charge in [-0.15, -0.1) is 0 Å². The number of hydrogen-bond donors (Lipinski definition) is 1. The highest BCUT2D eigenvalue weighted by atomic mass is 35.5. The number of aryl methyl sites for hydroxylation is 1. The van der Waals surface area contributed by atoms with Gasteiger partial charge >= 0.3 is 0 Å². The van der Waals surface area contributed by atoms with Gasteiger partial charge in [-0.2, -0.15) is 0 Å². The molecule has 0 aliphatic carbocycles. The highest BCUT2D eigenvalue weighted by Crippen LogP contribution is 2.33. The van der Waals surface area contributed by atoms with Crippen LogP contribution in [0.5, 0.6) is 0 Å². The Labute approximate surface area is 102 Å². The summed E-state index contributed by atoms with van der Waals surface area (Å²) in [5.41, 5.74) is 1.93. The minimum atomic E-state index is -0.0344. The molecule has 0 unspecified atom stereocenters. The Morgan fingerprint density at radius 3 is 2.94 bits per heavy atom. The Bertz CT molecular complexity index is 511. The molecule has 0 saturated carbocycles. The van der Waals surface area contributed by atoms with Crippen molar-refractivity contribution in [2.75, 3.05) is 5.32 Å². The molecule has 2 rings (SSSR count). The molecule has 1 amide bonds. The molecule has 1 aromatic carbocycles. The van der Waals surface area contributed by atoms with Gasteiger partial charge in [-0.3, -0.25) is 4.79 Å². The Morgan fingerprint density at radius 1 is 1.56 bits per heavy atom. The lowest BCUT2D eigenvalue weighted by atomic mass is 10.2. The molecular formula is C11H11ClN2OS. The summed E-state index contributed by atoms with van der Waals surface area (Å²) in [4.78, 5) is 15.6. The Kier molecular flexibility index (Phi) is 3.12. The molecule has 1 N–H and O–H groups in total. The number of fused-ring (bicyclic) bond motifs is 1. The van der Waals surface area contributed by atoms with Crippen LogP contribution in [-0.4, -0.2) is 10.9 Å². The van der Waals surface area contributed by atoms with E-state index in [-0.39, 0.29) is 5.91 Å². The first-order valence-corrected chi connectivity index (χ1v) is 6.16. The van der Waals surface area contributed by atoms with Gasteiger partial charge < -0.3 is 5.32 Å². The fourth-order valence-electron chi connectivity index (χ4n) is 1.36. The minimum Gasteiger partial charge on any atom is -0.302 e. The van der Waals surface area contributed by atoms with Crippen LogP contribution in [0.3, 0.4) is 0 Å². The number of nitrogens with zero attached hydrogens (tertiary/aromatic N) is 1. The first-order chi connectivity index (χ1) is 7.61. The van der Waals surface area contributed by atoms with E-state index in [1.807, 2.05) is 19.1 Å². The molecule has 3 nitrogen and oxygen atoms in total. The van der Waals surface area contributed by atoms with E-state index in [1.165, 1.54) is 11.3 Å². The zero-order valence-corrected chi connectivity index (χ0v) is 10.6. The van der Waals surface area contributed by atoms with Crippen LogP contribution >= 0.6 is 22.9 Å². The lowest BCUT2D eigenvalue weighted by Crippen LogP contribution is -2.08. The van der Waals surface area contributed by atoms with Gasteiger partial charge in [-0.25, -0.2) is 4.98 Å². The number of amides is 1. The first kappa shape index (κ1) is 11.4. The Hall–Kier alpha value is -1.13. The summed E-state index contributed by atoms with van der Waals surface area (Å²) in [7, 11) is 0. The summed E-state index contributed by atoms with van der Waals surface area (Å²) in [5, 5.41) is 4.03. The average molecular weight is 255 g/mol. The molecule has 16 heavy (non-hydrogen) atoms. The summed E-state index contributed by atoms with van der Waals surface area (Å²) >= 11 is 7.48. The van der Waals surface area contributed by atoms with Crippen molar-refractivity contribution in [1.82, 2.24) is 4.98 Å². The van der Waals surface area contributed by atoms with Crippen molar-refractivity contribution in [3.63, 3.8) is 0 Å². The Balaban J connectivity index is 2.47. The number of halogens is 1. The molecule has 84 valence electrons. The predicted octanol–water partition coefficient (Wildman–Crippen LogP) is 3.61. The summed E-state index contributed by atoms with van der Waals surface area (Å²) in [6.07, 6.45) is 0.447. The van der Waals surface area contributed by atoms with Crippen LogP contribution in [0.25, 0.3) is 10.2 Å². The van der Waals surface area contributed by atoms with E-state index in [0.29, 0.717) is 16.6 Å². The van der Waals surface area contributed by atoms with Crippen molar-refractivity contribution in [2.24, 2.45) is 0 Å². The number of rotatable bonds is 2. The van der Waals surface area contributed by atoms with Gasteiger partial charge in [0.05, 0.1) is 15.2 Å². The lowest BCUT2D eigenvalue weighted by molar-refractivity contribution is -0.115. The second kappa shape index (κ2) is 4.39. The van der Waals surface area contributed by atoms with Crippen LogP contribution in [0.15, 0.2) is 12.1 Å². The third kappa shape index (κ3) is 2.03. The second-order valence-corrected chi connectivity index (χ2v) is 4.87. The SMILES string of the molecule is CCC(=O)Nc1nc2c(C)ccc(Cl)c2s1. The van der Waals surface area contributed by atoms with Crippen molar-refractivity contribution in [3.8, 4) is 0 Å². The molecule has 0 aliphatic heterocycles. The fraction of sp³-hybridized carbons (Fsp3) is 0.273. The number of carbonyl (C=O) groups is 1. The molecule has 0 saturated heterocycles. The van der Waals surface area contributed by atoms with Gasteiger partial charge in [0.25, 0.3) is 0 Å². The Morgan fingerprint density at radius 2 is 2.31 bits per heavy atom. The quantitative estimate of drug-likeness (QED) is 0.890. The molecule has 2 aromatic rings. The van der Waals surface area contributed by atoms with Crippen molar-refractivity contribution < 1.29 is 4.79 Å².